The van der Waals surface area contributed by atoms with Gasteiger partial charge in [-0.3, -0.25) is 14.5 Å². The Morgan fingerprint density at radius 3 is 2.57 bits per heavy atom. The van der Waals surface area contributed by atoms with Crippen LogP contribution in [0, 0.1) is 18.7 Å². The van der Waals surface area contributed by atoms with Gasteiger partial charge < -0.3 is 10.4 Å². The molecule has 0 saturated carbocycles. The molecule has 0 spiro atoms. The first kappa shape index (κ1) is 17.1. The lowest BCUT2D eigenvalue weighted by atomic mass is 10.2. The summed E-state index contributed by atoms with van der Waals surface area (Å²) >= 11 is 0. The Bertz CT molecular complexity index is 518. The third-order valence-corrected chi connectivity index (χ3v) is 2.82. The van der Waals surface area contributed by atoms with E-state index in [1.54, 1.807) is 17.9 Å². The molecule has 6 heteroatoms. The number of hydrogen-bond acceptors (Lipinski definition) is 3. The molecule has 1 amide bonds. The summed E-state index contributed by atoms with van der Waals surface area (Å²) in [5.41, 5.74) is 1.15. The lowest BCUT2D eigenvalue weighted by molar-refractivity contribution is -0.138. The van der Waals surface area contributed by atoms with E-state index in [1.807, 2.05) is 13.8 Å². The van der Waals surface area contributed by atoms with Gasteiger partial charge in [0.2, 0.25) is 5.91 Å². The van der Waals surface area contributed by atoms with Crippen molar-refractivity contribution in [3.63, 3.8) is 0 Å². The smallest absolute Gasteiger partial charge is 0.317 e. The van der Waals surface area contributed by atoms with Crippen LogP contribution in [0.4, 0.5) is 10.1 Å². The van der Waals surface area contributed by atoms with Crippen molar-refractivity contribution in [3.05, 3.63) is 29.6 Å². The van der Waals surface area contributed by atoms with E-state index in [0.717, 1.165) is 5.56 Å². The van der Waals surface area contributed by atoms with E-state index in [9.17, 15) is 14.0 Å². The molecule has 0 heterocycles. The van der Waals surface area contributed by atoms with Crippen LogP contribution < -0.4 is 5.32 Å². The van der Waals surface area contributed by atoms with Crippen molar-refractivity contribution in [1.82, 2.24) is 4.90 Å². The Kier molecular flexibility index (Phi) is 6.30. The van der Waals surface area contributed by atoms with Gasteiger partial charge in [0.25, 0.3) is 0 Å². The van der Waals surface area contributed by atoms with Crippen molar-refractivity contribution in [2.75, 3.05) is 25.0 Å². The van der Waals surface area contributed by atoms with Gasteiger partial charge in [-0.05, 0) is 30.5 Å². The molecule has 5 nitrogen and oxygen atoms in total. The maximum absolute atomic E-state index is 13.2. The van der Waals surface area contributed by atoms with Gasteiger partial charge in [0.05, 0.1) is 13.1 Å². The number of amides is 1. The van der Waals surface area contributed by atoms with Crippen LogP contribution in [0.15, 0.2) is 18.2 Å². The highest BCUT2D eigenvalue weighted by Crippen LogP contribution is 2.15. The Morgan fingerprint density at radius 1 is 1.33 bits per heavy atom. The summed E-state index contributed by atoms with van der Waals surface area (Å²) in [6.07, 6.45) is 0. The van der Waals surface area contributed by atoms with Crippen LogP contribution in [0.1, 0.15) is 19.4 Å². The van der Waals surface area contributed by atoms with Gasteiger partial charge in [-0.2, -0.15) is 0 Å². The highest BCUT2D eigenvalue weighted by molar-refractivity contribution is 5.93. The third-order valence-electron chi connectivity index (χ3n) is 2.82. The maximum Gasteiger partial charge on any atom is 0.317 e. The number of halogens is 1. The van der Waals surface area contributed by atoms with Gasteiger partial charge in [-0.25, -0.2) is 4.39 Å². The molecule has 0 aliphatic rings. The Hall–Kier alpha value is -1.95. The Morgan fingerprint density at radius 2 is 2.00 bits per heavy atom. The normalized spacial score (nSPS) is 11.0. The number of anilines is 1. The number of carboxylic acid groups (broad SMARTS) is 1. The quantitative estimate of drug-likeness (QED) is 0.808. The van der Waals surface area contributed by atoms with Crippen molar-refractivity contribution in [2.45, 2.75) is 20.8 Å². The van der Waals surface area contributed by atoms with Gasteiger partial charge in [-0.1, -0.05) is 19.9 Å². The molecule has 0 bridgehead atoms. The van der Waals surface area contributed by atoms with Crippen molar-refractivity contribution < 1.29 is 19.1 Å². The predicted molar refractivity (Wildman–Crippen MR) is 78.7 cm³/mol. The van der Waals surface area contributed by atoms with Crippen molar-refractivity contribution in [3.8, 4) is 0 Å². The first-order valence-electron chi connectivity index (χ1n) is 6.78. The van der Waals surface area contributed by atoms with Gasteiger partial charge >= 0.3 is 5.97 Å². The van der Waals surface area contributed by atoms with E-state index in [4.69, 9.17) is 5.11 Å². The fourth-order valence-corrected chi connectivity index (χ4v) is 2.01. The molecule has 0 unspecified atom stereocenters. The zero-order valence-corrected chi connectivity index (χ0v) is 12.5. The van der Waals surface area contributed by atoms with E-state index in [0.29, 0.717) is 12.2 Å². The van der Waals surface area contributed by atoms with Crippen LogP contribution in [-0.2, 0) is 9.59 Å². The lowest BCUT2D eigenvalue weighted by Gasteiger charge is -2.21. The summed E-state index contributed by atoms with van der Waals surface area (Å²) in [7, 11) is 0. The third kappa shape index (κ3) is 6.35. The predicted octanol–water partition coefficient (Wildman–Crippen LogP) is 2.12. The summed E-state index contributed by atoms with van der Waals surface area (Å²) in [5, 5.41) is 11.5. The number of carbonyl (C=O) groups excluding carboxylic acids is 1. The number of aliphatic carboxylic acids is 1. The molecule has 21 heavy (non-hydrogen) atoms. The second-order valence-corrected chi connectivity index (χ2v) is 5.46. The molecule has 0 atom stereocenters. The van der Waals surface area contributed by atoms with Gasteiger partial charge in [0, 0.05) is 12.2 Å². The largest absolute Gasteiger partial charge is 0.480 e. The molecule has 0 fully saturated rings. The Labute approximate surface area is 123 Å². The van der Waals surface area contributed by atoms with Gasteiger partial charge in [0.1, 0.15) is 5.82 Å². The zero-order valence-electron chi connectivity index (χ0n) is 12.5. The summed E-state index contributed by atoms with van der Waals surface area (Å²) in [6.45, 7) is 5.92. The first-order valence-corrected chi connectivity index (χ1v) is 6.78. The standard InChI is InChI=1S/C15H21FN2O3/c1-10(2)7-18(9-15(20)21)8-14(19)17-13-6-12(16)5-4-11(13)3/h4-6,10H,7-9H2,1-3H3,(H,17,19)(H,20,21). The summed E-state index contributed by atoms with van der Waals surface area (Å²) in [6, 6.07) is 4.14. The molecule has 1 aromatic carbocycles. The highest BCUT2D eigenvalue weighted by atomic mass is 19.1. The van der Waals surface area contributed by atoms with E-state index >= 15 is 0 Å². The van der Waals surface area contributed by atoms with Crippen LogP contribution in [0.25, 0.3) is 0 Å². The molecule has 0 aliphatic heterocycles. The van der Waals surface area contributed by atoms with E-state index in [1.165, 1.54) is 12.1 Å². The minimum absolute atomic E-state index is 0.0412. The zero-order chi connectivity index (χ0) is 16.0. The summed E-state index contributed by atoms with van der Waals surface area (Å²) in [4.78, 5) is 24.3. The van der Waals surface area contributed by atoms with Gasteiger partial charge in [-0.15, -0.1) is 0 Å². The fraction of sp³-hybridized carbons (Fsp3) is 0.467. The number of benzene rings is 1. The maximum atomic E-state index is 13.2. The van der Waals surface area contributed by atoms with Crippen LogP contribution >= 0.6 is 0 Å². The summed E-state index contributed by atoms with van der Waals surface area (Å²) in [5.74, 6) is -1.52. The van der Waals surface area contributed by atoms with Crippen molar-refractivity contribution >= 4 is 17.6 Å². The van der Waals surface area contributed by atoms with Gasteiger partial charge in [0.15, 0.2) is 0 Å². The van der Waals surface area contributed by atoms with E-state index in [-0.39, 0.29) is 24.9 Å². The number of nitrogens with one attached hydrogen (secondary N) is 1. The highest BCUT2D eigenvalue weighted by Gasteiger charge is 2.16. The lowest BCUT2D eigenvalue weighted by Crippen LogP contribution is -2.39. The van der Waals surface area contributed by atoms with Crippen LogP contribution in [0.5, 0.6) is 0 Å². The minimum Gasteiger partial charge on any atom is -0.480 e. The molecule has 0 aromatic heterocycles. The fourth-order valence-electron chi connectivity index (χ4n) is 2.01. The molecule has 116 valence electrons. The second-order valence-electron chi connectivity index (χ2n) is 5.46. The number of carboxylic acids is 1. The number of aryl methyl sites for hydroxylation is 1. The monoisotopic (exact) mass is 296 g/mol. The number of nitrogens with zero attached hydrogens (tertiary/aromatic N) is 1. The molecule has 1 rings (SSSR count). The molecule has 0 aliphatic carbocycles. The second kappa shape index (κ2) is 7.73. The number of rotatable bonds is 7. The SMILES string of the molecule is Cc1ccc(F)cc1NC(=O)CN(CC(=O)O)CC(C)C. The van der Waals surface area contributed by atoms with E-state index < -0.39 is 11.8 Å². The molecule has 0 radical (unpaired) electrons. The number of carbonyl (C=O) groups is 2. The van der Waals surface area contributed by atoms with Crippen molar-refractivity contribution in [2.24, 2.45) is 5.92 Å². The van der Waals surface area contributed by atoms with Crippen LogP contribution in [-0.4, -0.2) is 41.5 Å². The molecule has 1 aromatic rings. The first-order chi connectivity index (χ1) is 9.77. The van der Waals surface area contributed by atoms with Crippen molar-refractivity contribution in [1.29, 1.82) is 0 Å². The minimum atomic E-state index is -0.981. The molecular formula is C15H21FN2O3. The number of hydrogen-bond donors (Lipinski definition) is 2. The topological polar surface area (TPSA) is 69.6 Å². The van der Waals surface area contributed by atoms with Crippen LogP contribution in [0.2, 0.25) is 0 Å². The average Bonchev–Trinajstić information content (AvgIpc) is 2.31. The molecular weight excluding hydrogens is 275 g/mol. The molecule has 2 N–H and O–H groups in total. The van der Waals surface area contributed by atoms with Crippen LogP contribution in [0.3, 0.4) is 0 Å². The average molecular weight is 296 g/mol. The van der Waals surface area contributed by atoms with E-state index in [2.05, 4.69) is 5.32 Å². The Balaban J connectivity index is 2.68. The summed E-state index contributed by atoms with van der Waals surface area (Å²) < 4.78 is 13.2. The molecule has 0 saturated heterocycles.